The van der Waals surface area contributed by atoms with Gasteiger partial charge in [0.25, 0.3) is 0 Å². The quantitative estimate of drug-likeness (QED) is 0.833. The van der Waals surface area contributed by atoms with E-state index in [1.165, 1.54) is 11.3 Å². The molecule has 4 nitrogen and oxygen atoms in total. The van der Waals surface area contributed by atoms with E-state index in [9.17, 15) is 4.79 Å². The molecular formula is C11H19N3OS. The molecule has 0 radical (unpaired) electrons. The average Bonchev–Trinajstić information content (AvgIpc) is 2.61. The van der Waals surface area contributed by atoms with Gasteiger partial charge in [-0.25, -0.2) is 0 Å². The Morgan fingerprint density at radius 1 is 1.44 bits per heavy atom. The van der Waals surface area contributed by atoms with Gasteiger partial charge in [-0.2, -0.15) is 0 Å². The van der Waals surface area contributed by atoms with E-state index < -0.39 is 0 Å². The third-order valence-corrected chi connectivity index (χ3v) is 2.95. The number of unbranched alkanes of at least 4 members (excludes halogenated alkanes) is 1. The number of hydrogen-bond donors (Lipinski definition) is 1. The van der Waals surface area contributed by atoms with Crippen molar-refractivity contribution in [2.45, 2.75) is 46.5 Å². The van der Waals surface area contributed by atoms with Crippen LogP contribution in [0.4, 0.5) is 5.13 Å². The van der Waals surface area contributed by atoms with Crippen LogP contribution < -0.4 is 5.32 Å². The molecule has 0 aromatic carbocycles. The highest BCUT2D eigenvalue weighted by molar-refractivity contribution is 7.15. The third-order valence-electron chi connectivity index (χ3n) is 2.05. The second-order valence-corrected chi connectivity index (χ2v) is 5.31. The lowest BCUT2D eigenvalue weighted by Gasteiger charge is -2.02. The number of anilines is 1. The predicted molar refractivity (Wildman–Crippen MR) is 66.6 cm³/mol. The molecule has 0 spiro atoms. The molecule has 0 bridgehead atoms. The van der Waals surface area contributed by atoms with Crippen LogP contribution in [0.15, 0.2) is 0 Å². The van der Waals surface area contributed by atoms with Crippen LogP contribution in [0.3, 0.4) is 0 Å². The van der Waals surface area contributed by atoms with E-state index >= 15 is 0 Å². The summed E-state index contributed by atoms with van der Waals surface area (Å²) in [6, 6.07) is 0. The summed E-state index contributed by atoms with van der Waals surface area (Å²) in [5.41, 5.74) is 0. The second-order valence-electron chi connectivity index (χ2n) is 4.25. The number of amides is 1. The van der Waals surface area contributed by atoms with Crippen molar-refractivity contribution in [2.24, 2.45) is 5.92 Å². The highest BCUT2D eigenvalue weighted by atomic mass is 32.1. The van der Waals surface area contributed by atoms with E-state index in [4.69, 9.17) is 0 Å². The van der Waals surface area contributed by atoms with E-state index in [1.54, 1.807) is 0 Å². The topological polar surface area (TPSA) is 54.9 Å². The highest BCUT2D eigenvalue weighted by Crippen LogP contribution is 2.17. The van der Waals surface area contributed by atoms with Gasteiger partial charge in [-0.3, -0.25) is 4.79 Å². The third kappa shape index (κ3) is 4.70. The van der Waals surface area contributed by atoms with Gasteiger partial charge in [-0.15, -0.1) is 10.2 Å². The summed E-state index contributed by atoms with van der Waals surface area (Å²) < 4.78 is 0. The maximum atomic E-state index is 11.5. The second kappa shape index (κ2) is 6.58. The Balaban J connectivity index is 2.42. The average molecular weight is 241 g/mol. The van der Waals surface area contributed by atoms with Gasteiger partial charge in [-0.05, 0) is 12.3 Å². The fourth-order valence-electron chi connectivity index (χ4n) is 1.27. The Hall–Kier alpha value is -0.970. The standard InChI is InChI=1S/C11H19N3OS/c1-4-5-6-10-13-14-11(16-10)12-9(15)7-8(2)3/h8H,4-7H2,1-3H3,(H,12,14,15). The van der Waals surface area contributed by atoms with Crippen LogP contribution in [0.1, 0.15) is 45.0 Å². The monoisotopic (exact) mass is 241 g/mol. The first-order valence-corrected chi connectivity index (χ1v) is 6.55. The molecule has 1 aromatic heterocycles. The summed E-state index contributed by atoms with van der Waals surface area (Å²) in [6.45, 7) is 6.19. The van der Waals surface area contributed by atoms with Crippen LogP contribution >= 0.6 is 11.3 Å². The normalized spacial score (nSPS) is 10.8. The first-order valence-electron chi connectivity index (χ1n) is 5.74. The molecule has 0 aliphatic carbocycles. The van der Waals surface area contributed by atoms with Crippen LogP contribution in [0.5, 0.6) is 0 Å². The Kier molecular flexibility index (Phi) is 5.38. The van der Waals surface area contributed by atoms with Crippen LogP contribution in [0.25, 0.3) is 0 Å². The predicted octanol–water partition coefficient (Wildman–Crippen LogP) is 2.87. The van der Waals surface area contributed by atoms with Crippen LogP contribution in [0, 0.1) is 5.92 Å². The van der Waals surface area contributed by atoms with Crippen molar-refractivity contribution in [1.82, 2.24) is 10.2 Å². The molecule has 5 heteroatoms. The smallest absolute Gasteiger partial charge is 0.226 e. The summed E-state index contributed by atoms with van der Waals surface area (Å²) >= 11 is 1.47. The van der Waals surface area contributed by atoms with Gasteiger partial charge in [0.05, 0.1) is 0 Å². The summed E-state index contributed by atoms with van der Waals surface area (Å²) in [6.07, 6.45) is 3.75. The maximum Gasteiger partial charge on any atom is 0.226 e. The molecule has 0 aliphatic heterocycles. The Bertz CT molecular complexity index is 336. The van der Waals surface area contributed by atoms with Gasteiger partial charge < -0.3 is 5.32 Å². The van der Waals surface area contributed by atoms with E-state index in [1.807, 2.05) is 13.8 Å². The summed E-state index contributed by atoms with van der Waals surface area (Å²) in [4.78, 5) is 11.5. The molecule has 1 rings (SSSR count). The van der Waals surface area contributed by atoms with E-state index in [0.29, 0.717) is 17.5 Å². The Morgan fingerprint density at radius 2 is 2.19 bits per heavy atom. The van der Waals surface area contributed by atoms with Crippen molar-refractivity contribution in [3.8, 4) is 0 Å². The zero-order valence-corrected chi connectivity index (χ0v) is 10.9. The highest BCUT2D eigenvalue weighted by Gasteiger charge is 2.09. The number of aryl methyl sites for hydroxylation is 1. The first kappa shape index (κ1) is 13.1. The van der Waals surface area contributed by atoms with Crippen molar-refractivity contribution in [3.05, 3.63) is 5.01 Å². The lowest BCUT2D eigenvalue weighted by molar-refractivity contribution is -0.116. The van der Waals surface area contributed by atoms with Crippen LogP contribution in [-0.4, -0.2) is 16.1 Å². The lowest BCUT2D eigenvalue weighted by atomic mass is 10.1. The molecule has 0 fully saturated rings. The molecule has 0 aliphatic rings. The van der Waals surface area contributed by atoms with Crippen molar-refractivity contribution in [2.75, 3.05) is 5.32 Å². The fraction of sp³-hybridized carbons (Fsp3) is 0.727. The van der Waals surface area contributed by atoms with E-state index in [-0.39, 0.29) is 5.91 Å². The van der Waals surface area contributed by atoms with Crippen molar-refractivity contribution >= 4 is 22.4 Å². The van der Waals surface area contributed by atoms with E-state index in [2.05, 4.69) is 22.4 Å². The first-order chi connectivity index (χ1) is 7.61. The van der Waals surface area contributed by atoms with Crippen LogP contribution in [0.2, 0.25) is 0 Å². The Labute approximate surface area is 100 Å². The summed E-state index contributed by atoms with van der Waals surface area (Å²) in [5, 5.41) is 12.4. The zero-order chi connectivity index (χ0) is 12.0. The van der Waals surface area contributed by atoms with Crippen molar-refractivity contribution in [3.63, 3.8) is 0 Å². The molecule has 0 saturated carbocycles. The number of nitrogens with one attached hydrogen (secondary N) is 1. The molecule has 1 heterocycles. The summed E-state index contributed by atoms with van der Waals surface area (Å²) in [5.74, 6) is 0.390. The van der Waals surface area contributed by atoms with Crippen LogP contribution in [-0.2, 0) is 11.2 Å². The molecule has 0 saturated heterocycles. The van der Waals surface area contributed by atoms with Crippen molar-refractivity contribution < 1.29 is 4.79 Å². The van der Waals surface area contributed by atoms with Gasteiger partial charge >= 0.3 is 0 Å². The number of carbonyl (C=O) groups excluding carboxylic acids is 1. The molecular weight excluding hydrogens is 222 g/mol. The number of rotatable bonds is 6. The number of hydrogen-bond acceptors (Lipinski definition) is 4. The lowest BCUT2D eigenvalue weighted by Crippen LogP contribution is -2.13. The number of nitrogens with zero attached hydrogens (tertiary/aromatic N) is 2. The molecule has 0 atom stereocenters. The van der Waals surface area contributed by atoms with Crippen molar-refractivity contribution in [1.29, 1.82) is 0 Å². The minimum atomic E-state index is 0.0215. The number of aromatic nitrogens is 2. The molecule has 16 heavy (non-hydrogen) atoms. The molecule has 1 N–H and O–H groups in total. The van der Waals surface area contributed by atoms with Gasteiger partial charge in [0, 0.05) is 12.8 Å². The number of carbonyl (C=O) groups is 1. The van der Waals surface area contributed by atoms with Gasteiger partial charge in [-0.1, -0.05) is 38.5 Å². The zero-order valence-electron chi connectivity index (χ0n) is 10.1. The SMILES string of the molecule is CCCCc1nnc(NC(=O)CC(C)C)s1. The fourth-order valence-corrected chi connectivity index (χ4v) is 2.07. The minimum absolute atomic E-state index is 0.0215. The molecule has 0 unspecified atom stereocenters. The largest absolute Gasteiger partial charge is 0.301 e. The molecule has 1 aromatic rings. The van der Waals surface area contributed by atoms with Gasteiger partial charge in [0.2, 0.25) is 11.0 Å². The molecule has 90 valence electrons. The van der Waals surface area contributed by atoms with E-state index in [0.717, 1.165) is 24.3 Å². The molecule has 1 amide bonds. The summed E-state index contributed by atoms with van der Waals surface area (Å²) in [7, 11) is 0. The van der Waals surface area contributed by atoms with Gasteiger partial charge in [0.1, 0.15) is 5.01 Å². The van der Waals surface area contributed by atoms with Gasteiger partial charge in [0.15, 0.2) is 0 Å². The Morgan fingerprint density at radius 3 is 2.81 bits per heavy atom. The minimum Gasteiger partial charge on any atom is -0.301 e. The maximum absolute atomic E-state index is 11.5.